The Balaban J connectivity index is 1.15. The number of likely N-dealkylation sites (tertiary alicyclic amines) is 1. The van der Waals surface area contributed by atoms with Crippen molar-refractivity contribution < 1.29 is 56.6 Å². The van der Waals surface area contributed by atoms with Gasteiger partial charge in [0.25, 0.3) is 5.91 Å². The number of aliphatic hydroxyl groups is 2. The average Bonchev–Trinajstić information content (AvgIpc) is 4.00. The van der Waals surface area contributed by atoms with Gasteiger partial charge in [0.15, 0.2) is 10.2 Å². The molecule has 0 radical (unpaired) electrons. The highest BCUT2D eigenvalue weighted by Crippen LogP contribution is 2.67. The number of fused-ring (bicyclic) bond motifs is 2. The van der Waals surface area contributed by atoms with Crippen LogP contribution in [0.5, 0.6) is 0 Å². The lowest BCUT2D eigenvalue weighted by atomic mass is 9.90. The van der Waals surface area contributed by atoms with E-state index in [0.29, 0.717) is 60.5 Å². The van der Waals surface area contributed by atoms with E-state index in [0.717, 1.165) is 41.9 Å². The van der Waals surface area contributed by atoms with Gasteiger partial charge in [0.1, 0.15) is 12.1 Å². The monoisotopic (exact) mass is 990 g/mol. The minimum Gasteiger partial charge on any atom is -0.390 e. The van der Waals surface area contributed by atoms with E-state index in [-0.39, 0.29) is 64.9 Å². The second-order valence-corrected chi connectivity index (χ2v) is 23.7. The fourth-order valence-electron chi connectivity index (χ4n) is 8.64. The summed E-state index contributed by atoms with van der Waals surface area (Å²) in [6, 6.07) is 15.0. The van der Waals surface area contributed by atoms with Crippen LogP contribution in [0.15, 0.2) is 54.6 Å². The summed E-state index contributed by atoms with van der Waals surface area (Å²) in [7, 11) is -5.37. The third-order valence-electron chi connectivity index (χ3n) is 11.8. The number of benzene rings is 2. The number of halogens is 2. The van der Waals surface area contributed by atoms with Gasteiger partial charge in [0.2, 0.25) is 11.8 Å². The summed E-state index contributed by atoms with van der Waals surface area (Å²) in [5.74, 6) is -2.06. The number of thioether (sulfide) groups is 2. The van der Waals surface area contributed by atoms with Crippen LogP contribution in [0.25, 0.3) is 10.1 Å². The van der Waals surface area contributed by atoms with Crippen LogP contribution in [0.2, 0.25) is 0 Å². The number of carbonyl (C=O) groups excluding carboxylic acids is 5. The Labute approximate surface area is 396 Å². The molecule has 1 unspecified atom stereocenters. The van der Waals surface area contributed by atoms with Gasteiger partial charge in [-0.25, -0.2) is 0 Å². The predicted molar refractivity (Wildman–Crippen MR) is 250 cm³/mol. The molecule has 3 aliphatic heterocycles. The van der Waals surface area contributed by atoms with Crippen molar-refractivity contribution in [1.82, 2.24) is 15.1 Å². The standard InChI is InChI=1S/C46H57F2N4O10PS3/c1-44(2,58)24-39(53)64-20-18-61-63(60,62-19-21-65-40(54)25-45(3,4)59)46(47,48)32-14-17-37-30(22-32)23-38(66-37)41(55)50-35-13-9-8-12-33-15-16-36(52(33)42(35)56)43(57)51-27-31(26-49)34(28-51)29-10-6-5-7-11-29/h5-7,10-11,14,17,22-23,31,33-36,58-59H,8-9,12-13,15-16,18-21,24-25,27-28H2,1-4H3,(H,50,55)/t31-,33+,34+,35?,36+/m1/s1. The highest BCUT2D eigenvalue weighted by molar-refractivity contribution is 8.13. The fourth-order valence-corrected chi connectivity index (χ4v) is 13.0. The van der Waals surface area contributed by atoms with Crippen LogP contribution >= 0.6 is 42.5 Å². The predicted octanol–water partition coefficient (Wildman–Crippen LogP) is 7.82. The lowest BCUT2D eigenvalue weighted by Crippen LogP contribution is -2.56. The maximum atomic E-state index is 16.5. The molecule has 0 bridgehead atoms. The second-order valence-electron chi connectivity index (χ2n) is 18.3. The molecule has 4 heterocycles. The van der Waals surface area contributed by atoms with E-state index in [9.17, 15) is 44.0 Å². The number of nitrogens with zero attached hydrogens (tertiary/aromatic N) is 3. The summed E-state index contributed by atoms with van der Waals surface area (Å²) in [5.41, 5.74) is -6.59. The van der Waals surface area contributed by atoms with Gasteiger partial charge >= 0.3 is 13.3 Å². The van der Waals surface area contributed by atoms with Gasteiger partial charge in [-0.15, -0.1) is 11.3 Å². The Morgan fingerprint density at radius 1 is 0.894 bits per heavy atom. The third kappa shape index (κ3) is 12.9. The van der Waals surface area contributed by atoms with Crippen LogP contribution in [0.3, 0.4) is 0 Å². The van der Waals surface area contributed by atoms with Gasteiger partial charge < -0.3 is 34.4 Å². The summed E-state index contributed by atoms with van der Waals surface area (Å²) in [6.07, 6.45) is 3.18. The van der Waals surface area contributed by atoms with E-state index >= 15 is 8.78 Å². The highest BCUT2D eigenvalue weighted by atomic mass is 32.2. The first kappa shape index (κ1) is 51.7. The minimum atomic E-state index is -5.37. The highest BCUT2D eigenvalue weighted by Gasteiger charge is 2.55. The van der Waals surface area contributed by atoms with E-state index in [1.165, 1.54) is 39.8 Å². The largest absolute Gasteiger partial charge is 0.404 e. The molecular weight excluding hydrogens is 934 g/mol. The number of hydrogen-bond donors (Lipinski definition) is 3. The van der Waals surface area contributed by atoms with Crippen molar-refractivity contribution >= 4 is 80.5 Å². The molecule has 358 valence electrons. The first-order valence-corrected chi connectivity index (χ1v) is 26.4. The maximum Gasteiger partial charge on any atom is 0.404 e. The fraction of sp³-hybridized carbons (Fsp3) is 0.565. The van der Waals surface area contributed by atoms with E-state index in [1.807, 2.05) is 30.3 Å². The van der Waals surface area contributed by atoms with Crippen molar-refractivity contribution in [2.45, 2.75) is 120 Å². The molecule has 3 amide bonds. The lowest BCUT2D eigenvalue weighted by Gasteiger charge is -2.36. The first-order valence-electron chi connectivity index (χ1n) is 22.0. The van der Waals surface area contributed by atoms with Crippen LogP contribution in [0, 0.1) is 17.2 Å². The van der Waals surface area contributed by atoms with Crippen molar-refractivity contribution in [3.63, 3.8) is 0 Å². The summed E-state index contributed by atoms with van der Waals surface area (Å²) >= 11 is 2.45. The van der Waals surface area contributed by atoms with Crippen molar-refractivity contribution in [3.05, 3.63) is 70.6 Å². The molecule has 3 aromatic rings. The van der Waals surface area contributed by atoms with Gasteiger partial charge in [-0.1, -0.05) is 72.8 Å². The molecular formula is C46H57F2N4O10PS3. The van der Waals surface area contributed by atoms with E-state index in [4.69, 9.17) is 9.05 Å². The van der Waals surface area contributed by atoms with Crippen LogP contribution in [0.1, 0.15) is 106 Å². The number of rotatable bonds is 18. The zero-order valence-electron chi connectivity index (χ0n) is 37.4. The molecule has 66 heavy (non-hydrogen) atoms. The van der Waals surface area contributed by atoms with Crippen molar-refractivity contribution in [2.75, 3.05) is 37.8 Å². The number of nitriles is 1. The van der Waals surface area contributed by atoms with Gasteiger partial charge in [-0.3, -0.25) is 28.5 Å². The van der Waals surface area contributed by atoms with Crippen LogP contribution in [0.4, 0.5) is 8.78 Å². The molecule has 2 aromatic carbocycles. The molecule has 3 N–H and O–H groups in total. The van der Waals surface area contributed by atoms with Crippen molar-refractivity contribution in [2.24, 2.45) is 5.92 Å². The Morgan fingerprint density at radius 3 is 2.12 bits per heavy atom. The Bertz CT molecular complexity index is 2310. The third-order valence-corrected chi connectivity index (χ3v) is 16.5. The van der Waals surface area contributed by atoms with E-state index in [1.54, 1.807) is 9.80 Å². The topological polar surface area (TPSA) is 204 Å². The molecule has 3 fully saturated rings. The number of thiophene rings is 1. The van der Waals surface area contributed by atoms with E-state index in [2.05, 4.69) is 11.4 Å². The molecule has 20 heteroatoms. The summed E-state index contributed by atoms with van der Waals surface area (Å²) in [4.78, 5) is 70.4. The number of nitrogens with one attached hydrogen (secondary N) is 1. The number of alkyl halides is 2. The van der Waals surface area contributed by atoms with E-state index < -0.39 is 77.4 Å². The molecule has 6 rings (SSSR count). The number of carbonyl (C=O) groups is 5. The molecule has 0 saturated carbocycles. The first-order chi connectivity index (χ1) is 31.1. The van der Waals surface area contributed by atoms with Crippen LogP contribution in [-0.4, -0.2) is 115 Å². The summed E-state index contributed by atoms with van der Waals surface area (Å²) in [6.45, 7) is 5.24. The normalized spacial score (nSPS) is 21.9. The molecule has 5 atom stereocenters. The Morgan fingerprint density at radius 2 is 1.52 bits per heavy atom. The molecule has 14 nitrogen and oxygen atoms in total. The molecule has 3 aliphatic rings. The summed E-state index contributed by atoms with van der Waals surface area (Å²) < 4.78 is 58.0. The minimum absolute atomic E-state index is 0.133. The number of hydrogen-bond acceptors (Lipinski definition) is 14. The van der Waals surface area contributed by atoms with Crippen LogP contribution < -0.4 is 5.32 Å². The smallest absolute Gasteiger partial charge is 0.390 e. The molecule has 3 saturated heterocycles. The lowest BCUT2D eigenvalue weighted by molar-refractivity contribution is -0.146. The summed E-state index contributed by atoms with van der Waals surface area (Å²) in [5, 5.41) is 32.1. The van der Waals surface area contributed by atoms with Crippen molar-refractivity contribution in [3.8, 4) is 6.07 Å². The van der Waals surface area contributed by atoms with Gasteiger partial charge in [0.05, 0.1) is 41.3 Å². The Hall–Kier alpha value is -3.73. The van der Waals surface area contributed by atoms with Gasteiger partial charge in [0, 0.05) is 59.7 Å². The second kappa shape index (κ2) is 21.7. The number of amides is 3. The maximum absolute atomic E-state index is 16.5. The quantitative estimate of drug-likeness (QED) is 0.0823. The zero-order valence-corrected chi connectivity index (χ0v) is 40.8. The molecule has 1 aromatic heterocycles. The van der Waals surface area contributed by atoms with Gasteiger partial charge in [-0.05, 0) is 82.5 Å². The SMILES string of the molecule is CC(C)(O)CC(=O)SCCOP(=O)(OCCSC(=O)CC(C)(C)O)C(F)(F)c1ccc2sc(C(=O)NC3CCCC[C@H]4CC[C@@H](C(=O)N5C[C@@H](C#N)[C@H](c6ccccc6)C5)N4C3=O)cc2c1. The van der Waals surface area contributed by atoms with Gasteiger partial charge in [-0.2, -0.15) is 14.0 Å². The van der Waals surface area contributed by atoms with Crippen molar-refractivity contribution in [1.29, 1.82) is 5.26 Å². The average molecular weight is 991 g/mol. The molecule has 0 spiro atoms. The van der Waals surface area contributed by atoms with Crippen LogP contribution in [-0.2, 0) is 38.5 Å². The molecule has 0 aliphatic carbocycles. The Kier molecular flexibility index (Phi) is 17.0. The zero-order chi connectivity index (χ0) is 48.0.